The molecule has 2 nitrogen and oxygen atoms in total. The SMILES string of the molecule is O=C(c1cccc(Br)c1F)N1CCCC1CCl. The van der Waals surface area contributed by atoms with Crippen LogP contribution in [0.4, 0.5) is 4.39 Å². The van der Waals surface area contributed by atoms with E-state index in [1.807, 2.05) is 0 Å². The molecule has 0 aromatic heterocycles. The van der Waals surface area contributed by atoms with Crippen molar-refractivity contribution in [3.05, 3.63) is 34.1 Å². The van der Waals surface area contributed by atoms with Gasteiger partial charge >= 0.3 is 0 Å². The molecule has 5 heteroatoms. The van der Waals surface area contributed by atoms with Gasteiger partial charge in [-0.3, -0.25) is 4.79 Å². The number of likely N-dealkylation sites (tertiary alicyclic amines) is 1. The molecule has 0 aliphatic carbocycles. The van der Waals surface area contributed by atoms with Gasteiger partial charge in [0.15, 0.2) is 0 Å². The molecule has 0 spiro atoms. The second kappa shape index (κ2) is 5.36. The van der Waals surface area contributed by atoms with Crippen LogP contribution in [0.5, 0.6) is 0 Å². The zero-order valence-corrected chi connectivity index (χ0v) is 11.5. The number of amides is 1. The highest BCUT2D eigenvalue weighted by Gasteiger charge is 2.30. The standard InChI is InChI=1S/C12H12BrClFNO/c13-10-5-1-4-9(11(10)15)12(17)16-6-2-3-8(16)7-14/h1,4-5,8H,2-3,6-7H2. The maximum absolute atomic E-state index is 13.8. The summed E-state index contributed by atoms with van der Waals surface area (Å²) in [6, 6.07) is 4.77. The van der Waals surface area contributed by atoms with Gasteiger partial charge in [-0.1, -0.05) is 6.07 Å². The molecular formula is C12H12BrClFNO. The van der Waals surface area contributed by atoms with Crippen molar-refractivity contribution >= 4 is 33.4 Å². The van der Waals surface area contributed by atoms with Gasteiger partial charge in [0.05, 0.1) is 10.0 Å². The first-order valence-corrected chi connectivity index (χ1v) is 6.79. The molecule has 0 bridgehead atoms. The van der Waals surface area contributed by atoms with E-state index in [1.165, 1.54) is 6.07 Å². The van der Waals surface area contributed by atoms with Gasteiger partial charge < -0.3 is 4.90 Å². The minimum absolute atomic E-state index is 0.0301. The van der Waals surface area contributed by atoms with Crippen molar-refractivity contribution in [2.24, 2.45) is 0 Å². The van der Waals surface area contributed by atoms with Crippen LogP contribution in [0.2, 0.25) is 0 Å². The van der Waals surface area contributed by atoms with Crippen molar-refractivity contribution in [1.82, 2.24) is 4.90 Å². The van der Waals surface area contributed by atoms with E-state index in [9.17, 15) is 9.18 Å². The molecule has 1 aromatic rings. The Balaban J connectivity index is 2.28. The van der Waals surface area contributed by atoms with Gasteiger partial charge in [-0.2, -0.15) is 0 Å². The molecule has 1 fully saturated rings. The lowest BCUT2D eigenvalue weighted by atomic mass is 10.1. The second-order valence-corrected chi connectivity index (χ2v) is 5.21. The average Bonchev–Trinajstić information content (AvgIpc) is 2.80. The third-order valence-corrected chi connectivity index (χ3v) is 3.97. The summed E-state index contributed by atoms with van der Waals surface area (Å²) in [5.41, 5.74) is 0.108. The van der Waals surface area contributed by atoms with Crippen LogP contribution in [0, 0.1) is 5.82 Å². The first kappa shape index (κ1) is 12.8. The molecule has 1 aromatic carbocycles. The van der Waals surface area contributed by atoms with Crippen LogP contribution in [0.25, 0.3) is 0 Å². The number of rotatable bonds is 2. The average molecular weight is 321 g/mol. The first-order chi connectivity index (χ1) is 8.15. The third-order valence-electron chi connectivity index (χ3n) is 3.00. The first-order valence-electron chi connectivity index (χ1n) is 5.46. The van der Waals surface area contributed by atoms with Gasteiger partial charge in [0.2, 0.25) is 0 Å². The van der Waals surface area contributed by atoms with E-state index in [0.29, 0.717) is 16.9 Å². The zero-order valence-electron chi connectivity index (χ0n) is 9.13. The monoisotopic (exact) mass is 319 g/mol. The van der Waals surface area contributed by atoms with E-state index in [1.54, 1.807) is 17.0 Å². The maximum atomic E-state index is 13.8. The van der Waals surface area contributed by atoms with E-state index in [2.05, 4.69) is 15.9 Å². The quantitative estimate of drug-likeness (QED) is 0.765. The number of carbonyl (C=O) groups is 1. The van der Waals surface area contributed by atoms with Crippen molar-refractivity contribution in [3.63, 3.8) is 0 Å². The molecule has 92 valence electrons. The van der Waals surface area contributed by atoms with Crippen LogP contribution < -0.4 is 0 Å². The minimum Gasteiger partial charge on any atom is -0.334 e. The summed E-state index contributed by atoms with van der Waals surface area (Å²) in [7, 11) is 0. The Morgan fingerprint density at radius 3 is 3.06 bits per heavy atom. The number of benzene rings is 1. The van der Waals surface area contributed by atoms with Gasteiger partial charge in [0.1, 0.15) is 5.82 Å². The van der Waals surface area contributed by atoms with Crippen LogP contribution in [0.1, 0.15) is 23.2 Å². The van der Waals surface area contributed by atoms with Crippen molar-refractivity contribution in [3.8, 4) is 0 Å². The van der Waals surface area contributed by atoms with Crippen LogP contribution >= 0.6 is 27.5 Å². The van der Waals surface area contributed by atoms with Crippen molar-refractivity contribution < 1.29 is 9.18 Å². The number of carbonyl (C=O) groups excluding carboxylic acids is 1. The van der Waals surface area contributed by atoms with Gasteiger partial charge in [0, 0.05) is 18.5 Å². The lowest BCUT2D eigenvalue weighted by Crippen LogP contribution is -2.37. The van der Waals surface area contributed by atoms with Gasteiger partial charge in [-0.05, 0) is 40.9 Å². The Labute approximate surface area is 113 Å². The van der Waals surface area contributed by atoms with E-state index < -0.39 is 5.82 Å². The number of hydrogen-bond acceptors (Lipinski definition) is 1. The fraction of sp³-hybridized carbons (Fsp3) is 0.417. The summed E-state index contributed by atoms with van der Waals surface area (Å²) in [5.74, 6) is -0.369. The normalized spacial score (nSPS) is 19.7. The van der Waals surface area contributed by atoms with Gasteiger partial charge in [0.25, 0.3) is 5.91 Å². The molecule has 1 aliphatic heterocycles. The van der Waals surface area contributed by atoms with Crippen LogP contribution in [0.15, 0.2) is 22.7 Å². The Hall–Kier alpha value is -0.610. The zero-order chi connectivity index (χ0) is 12.4. The number of nitrogens with zero attached hydrogens (tertiary/aromatic N) is 1. The van der Waals surface area contributed by atoms with Crippen LogP contribution in [-0.2, 0) is 0 Å². The molecule has 1 aliphatic rings. The molecule has 1 unspecified atom stereocenters. The molecule has 17 heavy (non-hydrogen) atoms. The lowest BCUT2D eigenvalue weighted by Gasteiger charge is -2.23. The fourth-order valence-electron chi connectivity index (χ4n) is 2.09. The predicted molar refractivity (Wildman–Crippen MR) is 68.9 cm³/mol. The highest BCUT2D eigenvalue weighted by Crippen LogP contribution is 2.24. The molecule has 1 amide bonds. The molecular weight excluding hydrogens is 308 g/mol. The molecule has 1 atom stereocenters. The van der Waals surface area contributed by atoms with Gasteiger partial charge in [-0.25, -0.2) is 4.39 Å². The summed E-state index contributed by atoms with van der Waals surface area (Å²) in [5, 5.41) is 0. The lowest BCUT2D eigenvalue weighted by molar-refractivity contribution is 0.0744. The summed E-state index contributed by atoms with van der Waals surface area (Å²) < 4.78 is 14.1. The van der Waals surface area contributed by atoms with Crippen LogP contribution in [0.3, 0.4) is 0 Å². The van der Waals surface area contributed by atoms with Crippen molar-refractivity contribution in [1.29, 1.82) is 0 Å². The molecule has 0 radical (unpaired) electrons. The molecule has 1 saturated heterocycles. The number of hydrogen-bond donors (Lipinski definition) is 0. The van der Waals surface area contributed by atoms with E-state index >= 15 is 0 Å². The Kier molecular flexibility index (Phi) is 4.05. The van der Waals surface area contributed by atoms with Crippen LogP contribution in [-0.4, -0.2) is 29.3 Å². The van der Waals surface area contributed by atoms with Crippen molar-refractivity contribution in [2.45, 2.75) is 18.9 Å². The predicted octanol–water partition coefficient (Wildman–Crippen LogP) is 3.43. The smallest absolute Gasteiger partial charge is 0.257 e. The Bertz CT molecular complexity index is 441. The molecule has 0 N–H and O–H groups in total. The number of alkyl halides is 1. The summed E-state index contributed by atoms with van der Waals surface area (Å²) in [4.78, 5) is 13.9. The van der Waals surface area contributed by atoms with Crippen molar-refractivity contribution in [2.75, 3.05) is 12.4 Å². The molecule has 0 saturated carbocycles. The Morgan fingerprint density at radius 2 is 2.35 bits per heavy atom. The highest BCUT2D eigenvalue weighted by molar-refractivity contribution is 9.10. The molecule has 1 heterocycles. The minimum atomic E-state index is -0.502. The Morgan fingerprint density at radius 1 is 1.59 bits per heavy atom. The number of halogens is 3. The summed E-state index contributed by atoms with van der Waals surface area (Å²) in [6.45, 7) is 0.655. The highest BCUT2D eigenvalue weighted by atomic mass is 79.9. The van der Waals surface area contributed by atoms with E-state index in [0.717, 1.165) is 12.8 Å². The van der Waals surface area contributed by atoms with E-state index in [4.69, 9.17) is 11.6 Å². The van der Waals surface area contributed by atoms with E-state index in [-0.39, 0.29) is 17.5 Å². The maximum Gasteiger partial charge on any atom is 0.257 e. The second-order valence-electron chi connectivity index (χ2n) is 4.05. The fourth-order valence-corrected chi connectivity index (χ4v) is 2.77. The largest absolute Gasteiger partial charge is 0.334 e. The summed E-state index contributed by atoms with van der Waals surface area (Å²) in [6.07, 6.45) is 1.82. The third kappa shape index (κ3) is 2.47. The van der Waals surface area contributed by atoms with Gasteiger partial charge in [-0.15, -0.1) is 11.6 Å². The molecule has 2 rings (SSSR count). The topological polar surface area (TPSA) is 20.3 Å². The summed E-state index contributed by atoms with van der Waals surface area (Å²) >= 11 is 8.89.